The normalized spacial score (nSPS) is 17.7. The van der Waals surface area contributed by atoms with Crippen molar-refractivity contribution in [3.8, 4) is 0 Å². The number of hydrogen-bond acceptors (Lipinski definition) is 6. The van der Waals surface area contributed by atoms with Crippen LogP contribution in [0.5, 0.6) is 0 Å². The Labute approximate surface area is 129 Å². The van der Waals surface area contributed by atoms with Crippen molar-refractivity contribution in [1.82, 2.24) is 30.0 Å². The van der Waals surface area contributed by atoms with Crippen LogP contribution < -0.4 is 0 Å². The molecule has 0 aromatic carbocycles. The summed E-state index contributed by atoms with van der Waals surface area (Å²) in [5.41, 5.74) is 0. The highest BCUT2D eigenvalue weighted by Gasteiger charge is 2.26. The lowest BCUT2D eigenvalue weighted by Gasteiger charge is -2.35. The number of rotatable bonds is 6. The second-order valence-corrected chi connectivity index (χ2v) is 6.26. The third kappa shape index (κ3) is 4.04. The lowest BCUT2D eigenvalue weighted by Crippen LogP contribution is -2.50. The zero-order valence-corrected chi connectivity index (χ0v) is 13.4. The van der Waals surface area contributed by atoms with E-state index < -0.39 is 0 Å². The highest BCUT2D eigenvalue weighted by Crippen LogP contribution is 2.22. The standard InChI is InChI=1S/C13H22N6OS/c1-4-6-19-13(14-15-16-19)21-11(3)12(20)18-9-7-17(5-2)8-10-18/h4,11H,1,5-10H2,2-3H3. The molecule has 2 heterocycles. The maximum atomic E-state index is 12.5. The molecule has 0 N–H and O–H groups in total. The molecule has 0 spiro atoms. The minimum absolute atomic E-state index is 0.156. The third-order valence-corrected chi connectivity index (χ3v) is 4.62. The van der Waals surface area contributed by atoms with Crippen molar-refractivity contribution < 1.29 is 4.79 Å². The maximum Gasteiger partial charge on any atom is 0.235 e. The smallest absolute Gasteiger partial charge is 0.235 e. The number of carbonyl (C=O) groups excluding carboxylic acids is 1. The summed E-state index contributed by atoms with van der Waals surface area (Å²) in [4.78, 5) is 16.8. The average Bonchev–Trinajstić information content (AvgIpc) is 2.94. The Bertz CT molecular complexity index is 483. The van der Waals surface area contributed by atoms with Gasteiger partial charge in [-0.25, -0.2) is 4.68 Å². The average molecular weight is 310 g/mol. The third-order valence-electron chi connectivity index (χ3n) is 3.56. The summed E-state index contributed by atoms with van der Waals surface area (Å²) in [6.45, 7) is 12.8. The van der Waals surface area contributed by atoms with Gasteiger partial charge < -0.3 is 9.80 Å². The van der Waals surface area contributed by atoms with E-state index in [2.05, 4.69) is 33.9 Å². The van der Waals surface area contributed by atoms with E-state index in [1.807, 2.05) is 11.8 Å². The predicted octanol–water partition coefficient (Wildman–Crippen LogP) is 0.504. The van der Waals surface area contributed by atoms with Gasteiger partial charge in [0.05, 0.1) is 11.8 Å². The summed E-state index contributed by atoms with van der Waals surface area (Å²) in [7, 11) is 0. The number of amides is 1. The van der Waals surface area contributed by atoms with Gasteiger partial charge >= 0.3 is 0 Å². The number of hydrogen-bond donors (Lipinski definition) is 0. The van der Waals surface area contributed by atoms with E-state index in [0.29, 0.717) is 11.7 Å². The van der Waals surface area contributed by atoms with Gasteiger partial charge in [-0.05, 0) is 23.9 Å². The molecule has 1 saturated heterocycles. The molecule has 1 atom stereocenters. The van der Waals surface area contributed by atoms with Crippen LogP contribution in [0.1, 0.15) is 13.8 Å². The van der Waals surface area contributed by atoms with Gasteiger partial charge in [-0.2, -0.15) is 0 Å². The fraction of sp³-hybridized carbons (Fsp3) is 0.692. The zero-order valence-electron chi connectivity index (χ0n) is 12.6. The van der Waals surface area contributed by atoms with E-state index in [1.54, 1.807) is 10.8 Å². The minimum Gasteiger partial charge on any atom is -0.339 e. The van der Waals surface area contributed by atoms with Crippen LogP contribution in [-0.4, -0.2) is 73.9 Å². The summed E-state index contributed by atoms with van der Waals surface area (Å²) in [5.74, 6) is 0.156. The first-order chi connectivity index (χ1) is 10.2. The van der Waals surface area contributed by atoms with Crippen molar-refractivity contribution in [1.29, 1.82) is 0 Å². The molecule has 0 radical (unpaired) electrons. The molecule has 1 fully saturated rings. The van der Waals surface area contributed by atoms with Crippen molar-refractivity contribution in [3.63, 3.8) is 0 Å². The summed E-state index contributed by atoms with van der Waals surface area (Å²) in [6, 6.07) is 0. The summed E-state index contributed by atoms with van der Waals surface area (Å²) >= 11 is 1.40. The van der Waals surface area contributed by atoms with Gasteiger partial charge in [0.2, 0.25) is 11.1 Å². The van der Waals surface area contributed by atoms with Crippen LogP contribution in [0.4, 0.5) is 0 Å². The molecule has 8 heteroatoms. The van der Waals surface area contributed by atoms with E-state index >= 15 is 0 Å². The Morgan fingerprint density at radius 3 is 2.76 bits per heavy atom. The Morgan fingerprint density at radius 2 is 2.14 bits per heavy atom. The molecule has 1 unspecified atom stereocenters. The van der Waals surface area contributed by atoms with E-state index in [-0.39, 0.29) is 11.2 Å². The molecule has 1 amide bonds. The van der Waals surface area contributed by atoms with Crippen LogP contribution in [0.2, 0.25) is 0 Å². The molecular formula is C13H22N6OS. The van der Waals surface area contributed by atoms with Crippen LogP contribution in [-0.2, 0) is 11.3 Å². The van der Waals surface area contributed by atoms with Crippen LogP contribution in [0.25, 0.3) is 0 Å². The highest BCUT2D eigenvalue weighted by atomic mass is 32.2. The summed E-state index contributed by atoms with van der Waals surface area (Å²) < 4.78 is 1.65. The molecule has 21 heavy (non-hydrogen) atoms. The van der Waals surface area contributed by atoms with Gasteiger partial charge in [-0.15, -0.1) is 11.7 Å². The van der Waals surface area contributed by atoms with Crippen molar-refractivity contribution in [2.45, 2.75) is 30.8 Å². The first-order valence-corrected chi connectivity index (χ1v) is 8.08. The Balaban J connectivity index is 1.90. The first-order valence-electron chi connectivity index (χ1n) is 7.20. The first kappa shape index (κ1) is 16.0. The topological polar surface area (TPSA) is 67.2 Å². The van der Waals surface area contributed by atoms with Gasteiger partial charge in [0.25, 0.3) is 0 Å². The molecule has 1 aliphatic rings. The second kappa shape index (κ2) is 7.56. The fourth-order valence-electron chi connectivity index (χ4n) is 2.27. The minimum atomic E-state index is -0.187. The molecule has 1 aliphatic heterocycles. The van der Waals surface area contributed by atoms with Crippen molar-refractivity contribution in [3.05, 3.63) is 12.7 Å². The molecule has 0 saturated carbocycles. The quantitative estimate of drug-likeness (QED) is 0.563. The van der Waals surface area contributed by atoms with E-state index in [9.17, 15) is 4.79 Å². The summed E-state index contributed by atoms with van der Waals surface area (Å²) in [6.07, 6.45) is 1.73. The molecule has 7 nitrogen and oxygen atoms in total. The Hall–Kier alpha value is -1.41. The zero-order chi connectivity index (χ0) is 15.2. The lowest BCUT2D eigenvalue weighted by atomic mass is 10.3. The monoisotopic (exact) mass is 310 g/mol. The number of thioether (sulfide) groups is 1. The van der Waals surface area contributed by atoms with Crippen molar-refractivity contribution in [2.24, 2.45) is 0 Å². The number of nitrogens with zero attached hydrogens (tertiary/aromatic N) is 6. The van der Waals surface area contributed by atoms with Crippen LogP contribution in [0.15, 0.2) is 17.8 Å². The Kier molecular flexibility index (Phi) is 5.75. The fourth-order valence-corrected chi connectivity index (χ4v) is 3.15. The molecule has 1 aromatic heterocycles. The number of aromatic nitrogens is 4. The number of carbonyl (C=O) groups is 1. The van der Waals surface area contributed by atoms with Gasteiger partial charge in [0.15, 0.2) is 0 Å². The summed E-state index contributed by atoms with van der Waals surface area (Å²) in [5, 5.41) is 12.0. The van der Waals surface area contributed by atoms with E-state index in [0.717, 1.165) is 32.7 Å². The molecule has 1 aromatic rings. The van der Waals surface area contributed by atoms with Crippen LogP contribution in [0.3, 0.4) is 0 Å². The predicted molar refractivity (Wildman–Crippen MR) is 82.0 cm³/mol. The van der Waals surface area contributed by atoms with Crippen molar-refractivity contribution in [2.75, 3.05) is 32.7 Å². The van der Waals surface area contributed by atoms with Gasteiger partial charge in [0.1, 0.15) is 0 Å². The second-order valence-electron chi connectivity index (χ2n) is 4.95. The van der Waals surface area contributed by atoms with Gasteiger partial charge in [-0.1, -0.05) is 24.8 Å². The SMILES string of the molecule is C=CCn1nnnc1SC(C)C(=O)N1CCN(CC)CC1. The lowest BCUT2D eigenvalue weighted by molar-refractivity contribution is -0.132. The number of likely N-dealkylation sites (N-methyl/N-ethyl adjacent to an activating group) is 1. The number of allylic oxidation sites excluding steroid dienone is 1. The Morgan fingerprint density at radius 1 is 1.43 bits per heavy atom. The molecule has 0 aliphatic carbocycles. The van der Waals surface area contributed by atoms with Gasteiger partial charge in [0, 0.05) is 26.2 Å². The highest BCUT2D eigenvalue weighted by molar-refractivity contribution is 8.00. The maximum absolute atomic E-state index is 12.5. The molecule has 0 bridgehead atoms. The van der Waals surface area contributed by atoms with E-state index in [4.69, 9.17) is 0 Å². The molecular weight excluding hydrogens is 288 g/mol. The number of piperazine rings is 1. The van der Waals surface area contributed by atoms with Gasteiger partial charge in [-0.3, -0.25) is 4.79 Å². The molecule has 116 valence electrons. The number of tetrazole rings is 1. The molecule has 2 rings (SSSR count). The van der Waals surface area contributed by atoms with Crippen LogP contribution in [0, 0.1) is 0 Å². The van der Waals surface area contributed by atoms with Crippen molar-refractivity contribution >= 4 is 17.7 Å². The largest absolute Gasteiger partial charge is 0.339 e. The van der Waals surface area contributed by atoms with Crippen LogP contribution >= 0.6 is 11.8 Å². The van der Waals surface area contributed by atoms with E-state index in [1.165, 1.54) is 11.8 Å².